The summed E-state index contributed by atoms with van der Waals surface area (Å²) in [5.74, 6) is -1.87. The number of aromatic amines is 1. The van der Waals surface area contributed by atoms with Crippen molar-refractivity contribution in [1.29, 1.82) is 0 Å². The van der Waals surface area contributed by atoms with Gasteiger partial charge in [-0.05, 0) is 78.4 Å². The molecule has 6 rings (SSSR count). The molecule has 0 aliphatic rings. The van der Waals surface area contributed by atoms with Gasteiger partial charge in [-0.2, -0.15) is 5.10 Å². The predicted octanol–water partition coefficient (Wildman–Crippen LogP) is 6.11. The van der Waals surface area contributed by atoms with E-state index < -0.39 is 32.9 Å². The normalized spacial score (nSPS) is 11.4. The maximum Gasteiger partial charge on any atom is 0.267 e. The van der Waals surface area contributed by atoms with Gasteiger partial charge >= 0.3 is 0 Å². The van der Waals surface area contributed by atoms with Crippen LogP contribution in [0.2, 0.25) is 0 Å². The minimum absolute atomic E-state index is 0.0818. The first-order valence-corrected chi connectivity index (χ1v) is 15.0. The number of hydrogen-bond acceptors (Lipinski definition) is 6. The average molecular weight is 613 g/mol. The molecule has 12 heteroatoms. The summed E-state index contributed by atoms with van der Waals surface area (Å²) >= 11 is 0. The molecule has 0 saturated heterocycles. The van der Waals surface area contributed by atoms with E-state index in [-0.39, 0.29) is 27.6 Å². The van der Waals surface area contributed by atoms with Gasteiger partial charge in [-0.25, -0.2) is 17.2 Å². The number of pyridine rings is 1. The van der Waals surface area contributed by atoms with Gasteiger partial charge in [0.05, 0.1) is 16.6 Å². The minimum Gasteiger partial charge on any atom is -0.454 e. The number of nitrogens with one attached hydrogen (secondary N) is 2. The first kappa shape index (κ1) is 28.5. The maximum atomic E-state index is 15.3. The molecule has 2 N–H and O–H groups in total. The van der Waals surface area contributed by atoms with Crippen molar-refractivity contribution in [3.8, 4) is 28.3 Å². The highest BCUT2D eigenvalue weighted by Gasteiger charge is 2.17. The van der Waals surface area contributed by atoms with Gasteiger partial charge in [-0.1, -0.05) is 12.1 Å². The number of nitrogens with zero attached hydrogens (tertiary/aromatic N) is 2. The van der Waals surface area contributed by atoms with Gasteiger partial charge < -0.3 is 10.1 Å². The van der Waals surface area contributed by atoms with Gasteiger partial charge in [-0.15, -0.1) is 0 Å². The number of anilines is 1. The number of sulfone groups is 1. The number of carbonyl (C=O) groups is 1. The number of fused-ring (bicyclic) bond motifs is 1. The quantitative estimate of drug-likeness (QED) is 0.224. The van der Waals surface area contributed by atoms with Crippen LogP contribution in [0.3, 0.4) is 0 Å². The van der Waals surface area contributed by atoms with E-state index in [9.17, 15) is 22.4 Å². The number of halogens is 2. The molecule has 9 nitrogen and oxygen atoms in total. The van der Waals surface area contributed by atoms with Gasteiger partial charge in [0.25, 0.3) is 11.5 Å². The number of ether oxygens (including phenoxy) is 1. The summed E-state index contributed by atoms with van der Waals surface area (Å²) in [5.41, 5.74) is 1.50. The summed E-state index contributed by atoms with van der Waals surface area (Å²) in [6, 6.07) is 21.5. The third-order valence-electron chi connectivity index (χ3n) is 6.84. The number of hydrogen-bond donors (Lipinski definition) is 2. The fourth-order valence-electron chi connectivity index (χ4n) is 4.61. The van der Waals surface area contributed by atoms with E-state index in [1.165, 1.54) is 71.4 Å². The molecule has 0 bridgehead atoms. The summed E-state index contributed by atoms with van der Waals surface area (Å²) in [4.78, 5) is 26.1. The first-order valence-electron chi connectivity index (χ1n) is 13.1. The highest BCUT2D eigenvalue weighted by molar-refractivity contribution is 7.90. The number of H-pyrrole nitrogens is 1. The van der Waals surface area contributed by atoms with Crippen molar-refractivity contribution >= 4 is 32.3 Å². The summed E-state index contributed by atoms with van der Waals surface area (Å²) in [7, 11) is -3.40. The summed E-state index contributed by atoms with van der Waals surface area (Å²) in [6.45, 7) is 0. The molecule has 2 heterocycles. The van der Waals surface area contributed by atoms with Crippen molar-refractivity contribution in [1.82, 2.24) is 14.8 Å². The van der Waals surface area contributed by atoms with Crippen molar-refractivity contribution in [2.24, 2.45) is 0 Å². The van der Waals surface area contributed by atoms with Gasteiger partial charge in [0, 0.05) is 40.8 Å². The van der Waals surface area contributed by atoms with Crippen LogP contribution < -0.4 is 15.6 Å². The monoisotopic (exact) mass is 612 g/mol. The SMILES string of the molecule is CS(=O)(=O)c1ccc(-c2cc3[nH]ncc3cc2Oc2ccc(NC(=O)c3cccn(-c4ccc(F)cc4)c3=O)cc2F)cc1. The van der Waals surface area contributed by atoms with Crippen LogP contribution in [0.15, 0.2) is 113 Å². The third-order valence-corrected chi connectivity index (χ3v) is 7.97. The highest BCUT2D eigenvalue weighted by atomic mass is 32.2. The Bertz CT molecular complexity index is 2210. The molecule has 2 aromatic heterocycles. The van der Waals surface area contributed by atoms with E-state index in [1.54, 1.807) is 30.5 Å². The van der Waals surface area contributed by atoms with E-state index in [1.807, 2.05) is 0 Å². The molecule has 0 atom stereocenters. The zero-order chi connectivity index (χ0) is 31.0. The fraction of sp³-hybridized carbons (Fsp3) is 0.0312. The number of rotatable bonds is 7. The Morgan fingerprint density at radius 3 is 2.39 bits per heavy atom. The molecule has 44 heavy (non-hydrogen) atoms. The molecule has 1 amide bonds. The van der Waals surface area contributed by atoms with Gasteiger partial charge in [-0.3, -0.25) is 19.3 Å². The van der Waals surface area contributed by atoms with Crippen LogP contribution in [0.25, 0.3) is 27.7 Å². The molecule has 220 valence electrons. The molecular weight excluding hydrogens is 590 g/mol. The molecule has 0 aliphatic heterocycles. The molecule has 0 radical (unpaired) electrons. The van der Waals surface area contributed by atoms with Crippen LogP contribution in [0, 0.1) is 11.6 Å². The van der Waals surface area contributed by atoms with Crippen LogP contribution >= 0.6 is 0 Å². The standard InChI is InChI=1S/C32H22F2N4O5S/c1-44(41,42)24-11-4-19(5-12-24)26-17-28-20(18-35-37-28)15-30(26)43-29-13-8-22(16-27(29)34)36-31(39)25-3-2-14-38(32(25)40)23-9-6-21(33)7-10-23/h2-18H,1H3,(H,35,37)(H,36,39). The highest BCUT2D eigenvalue weighted by Crippen LogP contribution is 2.38. The smallest absolute Gasteiger partial charge is 0.267 e. The van der Waals surface area contributed by atoms with Crippen molar-refractivity contribution in [3.63, 3.8) is 0 Å². The van der Waals surface area contributed by atoms with Gasteiger partial charge in [0.1, 0.15) is 17.1 Å². The van der Waals surface area contributed by atoms with Gasteiger partial charge in [0.15, 0.2) is 21.4 Å². The lowest BCUT2D eigenvalue weighted by atomic mass is 10.0. The zero-order valence-corrected chi connectivity index (χ0v) is 23.7. The van der Waals surface area contributed by atoms with Crippen LogP contribution in [-0.4, -0.2) is 35.3 Å². The molecule has 4 aromatic carbocycles. The molecular formula is C32H22F2N4O5S. The summed E-state index contributed by atoms with van der Waals surface area (Å²) < 4.78 is 59.6. The van der Waals surface area contributed by atoms with Crippen LogP contribution in [0.1, 0.15) is 10.4 Å². The Morgan fingerprint density at radius 2 is 1.68 bits per heavy atom. The number of benzene rings is 4. The van der Waals surface area contributed by atoms with E-state index in [0.717, 1.165) is 12.3 Å². The molecule has 0 spiro atoms. The Hall–Kier alpha value is -5.62. The molecule has 0 saturated carbocycles. The van der Waals surface area contributed by atoms with E-state index in [0.29, 0.717) is 27.7 Å². The number of amides is 1. The first-order chi connectivity index (χ1) is 21.1. The average Bonchev–Trinajstić information content (AvgIpc) is 3.46. The maximum absolute atomic E-state index is 15.3. The minimum atomic E-state index is -3.40. The lowest BCUT2D eigenvalue weighted by Gasteiger charge is -2.14. The second-order valence-corrected chi connectivity index (χ2v) is 11.9. The lowest BCUT2D eigenvalue weighted by molar-refractivity contribution is 0.102. The second-order valence-electron chi connectivity index (χ2n) is 9.88. The van der Waals surface area contributed by atoms with E-state index in [2.05, 4.69) is 15.5 Å². The predicted molar refractivity (Wildman–Crippen MR) is 161 cm³/mol. The summed E-state index contributed by atoms with van der Waals surface area (Å²) in [6.07, 6.45) is 4.15. The largest absolute Gasteiger partial charge is 0.454 e. The van der Waals surface area contributed by atoms with E-state index >= 15 is 4.39 Å². The topological polar surface area (TPSA) is 123 Å². The van der Waals surface area contributed by atoms with Crippen molar-refractivity contribution in [2.75, 3.05) is 11.6 Å². The van der Waals surface area contributed by atoms with E-state index in [4.69, 9.17) is 4.74 Å². The number of aromatic nitrogens is 3. The molecule has 6 aromatic rings. The number of carbonyl (C=O) groups excluding carboxylic acids is 1. The Kier molecular flexibility index (Phi) is 7.27. The summed E-state index contributed by atoms with van der Waals surface area (Å²) in [5, 5.41) is 10.1. The second kappa shape index (κ2) is 11.2. The third kappa shape index (κ3) is 5.70. The van der Waals surface area contributed by atoms with Crippen LogP contribution in [-0.2, 0) is 9.84 Å². The Labute approximate surface area is 249 Å². The van der Waals surface area contributed by atoms with Crippen LogP contribution in [0.5, 0.6) is 11.5 Å². The van der Waals surface area contributed by atoms with Crippen molar-refractivity contribution in [2.45, 2.75) is 4.90 Å². The molecule has 0 unspecified atom stereocenters. The zero-order valence-electron chi connectivity index (χ0n) is 22.9. The Balaban J connectivity index is 1.27. The molecule has 0 fully saturated rings. The fourth-order valence-corrected chi connectivity index (χ4v) is 5.24. The lowest BCUT2D eigenvalue weighted by Crippen LogP contribution is -2.27. The van der Waals surface area contributed by atoms with Gasteiger partial charge in [0.2, 0.25) is 0 Å². The van der Waals surface area contributed by atoms with Crippen molar-refractivity contribution in [3.05, 3.63) is 131 Å². The van der Waals surface area contributed by atoms with Crippen molar-refractivity contribution < 1.29 is 26.7 Å². The van der Waals surface area contributed by atoms with Crippen LogP contribution in [0.4, 0.5) is 14.5 Å². The molecule has 0 aliphatic carbocycles. The Morgan fingerprint density at radius 1 is 0.932 bits per heavy atom.